The molecule has 1 aromatic heterocycles. The number of carbonyl (C=O) groups is 4. The summed E-state index contributed by atoms with van der Waals surface area (Å²) in [5.74, 6) is -1.08. The zero-order chi connectivity index (χ0) is 41.2. The van der Waals surface area contributed by atoms with Crippen molar-refractivity contribution < 1.29 is 38.9 Å². The van der Waals surface area contributed by atoms with Crippen LogP contribution in [0.4, 0.5) is 9.59 Å². The van der Waals surface area contributed by atoms with Crippen LogP contribution in [0.2, 0.25) is 0 Å². The second-order valence-corrected chi connectivity index (χ2v) is 14.3. The number of amides is 2. The standard InChI is InChI=1S/C18H23N3O2.C17H20N2O3.C2H4O2.C2H6O.C2H6/c1-12-9-15(20-19-12)16-10-13-7-5-6-8-14(13)11-21(16)17(22)23-18(2,3)4;1-17(2,3)22-16(21)19-11-13-7-5-4-6-12(13)10-14(19)15(20)8-9-18;1-2(3)4;1-2-3;1-2/h5-9,16H,10-11H2,1-4H3,(H,19,20);4-7,14H,8,10-11H2,1-3H3;1H3,(H,3,4);3H,2H2,1H3;1-2H3/t16-;14-;;;/m00.../s1. The van der Waals surface area contributed by atoms with E-state index in [-0.39, 0.29) is 30.9 Å². The number of carboxylic acids is 1. The Morgan fingerprint density at radius 3 is 1.67 bits per heavy atom. The molecule has 0 saturated heterocycles. The summed E-state index contributed by atoms with van der Waals surface area (Å²) in [6.45, 7) is 20.9. The van der Waals surface area contributed by atoms with Gasteiger partial charge in [-0.25, -0.2) is 9.59 Å². The molecule has 2 aromatic carbocycles. The van der Waals surface area contributed by atoms with Crippen molar-refractivity contribution in [3.63, 3.8) is 0 Å². The lowest BCUT2D eigenvalue weighted by molar-refractivity contribution is -0.134. The Hall–Kier alpha value is -5.22. The fraction of sp³-hybridized carbons (Fsp3) is 0.512. The van der Waals surface area contributed by atoms with Crippen molar-refractivity contribution in [3.8, 4) is 6.07 Å². The van der Waals surface area contributed by atoms with Gasteiger partial charge in [-0.2, -0.15) is 10.4 Å². The van der Waals surface area contributed by atoms with Gasteiger partial charge in [0.25, 0.3) is 5.97 Å². The quantitative estimate of drug-likeness (QED) is 0.240. The normalized spacial score (nSPS) is 15.5. The summed E-state index contributed by atoms with van der Waals surface area (Å²) in [5, 5.41) is 31.1. The van der Waals surface area contributed by atoms with Crippen molar-refractivity contribution in [2.75, 3.05) is 6.61 Å². The highest BCUT2D eigenvalue weighted by Crippen LogP contribution is 2.34. The molecule has 0 saturated carbocycles. The number of carbonyl (C=O) groups excluding carboxylic acids is 3. The molecule has 13 heteroatoms. The molecule has 0 bridgehead atoms. The van der Waals surface area contributed by atoms with Crippen LogP contribution in [0, 0.1) is 18.3 Å². The molecule has 296 valence electrons. The summed E-state index contributed by atoms with van der Waals surface area (Å²) in [4.78, 5) is 49.5. The van der Waals surface area contributed by atoms with Crippen LogP contribution in [-0.2, 0) is 45.0 Å². The van der Waals surface area contributed by atoms with Crippen LogP contribution in [0.1, 0.15) is 115 Å². The van der Waals surface area contributed by atoms with Gasteiger partial charge in [0, 0.05) is 32.2 Å². The molecule has 0 spiro atoms. The van der Waals surface area contributed by atoms with E-state index in [1.807, 2.05) is 90.1 Å². The molecule has 0 radical (unpaired) electrons. The topological polar surface area (TPSA) is 186 Å². The number of nitrogens with zero attached hydrogens (tertiary/aromatic N) is 4. The number of aromatic nitrogens is 2. The zero-order valence-corrected chi connectivity index (χ0v) is 33.7. The highest BCUT2D eigenvalue weighted by atomic mass is 16.6. The van der Waals surface area contributed by atoms with Crippen molar-refractivity contribution in [1.82, 2.24) is 20.0 Å². The van der Waals surface area contributed by atoms with Gasteiger partial charge in [-0.05, 0) is 90.1 Å². The van der Waals surface area contributed by atoms with Crippen LogP contribution in [0.5, 0.6) is 0 Å². The van der Waals surface area contributed by atoms with Crippen molar-refractivity contribution in [3.05, 3.63) is 88.2 Å². The molecule has 3 heterocycles. The summed E-state index contributed by atoms with van der Waals surface area (Å²) in [6, 6.07) is 19.1. The highest BCUT2D eigenvalue weighted by Gasteiger charge is 2.37. The van der Waals surface area contributed by atoms with Crippen LogP contribution in [-0.4, -0.2) is 78.0 Å². The number of H-pyrrole nitrogens is 1. The van der Waals surface area contributed by atoms with Crippen molar-refractivity contribution in [2.24, 2.45) is 0 Å². The number of nitrogens with one attached hydrogen (secondary N) is 1. The molecule has 0 unspecified atom stereocenters. The Bertz CT molecular complexity index is 1700. The smallest absolute Gasteiger partial charge is 0.411 e. The van der Waals surface area contributed by atoms with Gasteiger partial charge >= 0.3 is 12.2 Å². The molecular weight excluding hydrogens is 690 g/mol. The van der Waals surface area contributed by atoms with Gasteiger partial charge in [-0.15, -0.1) is 0 Å². The van der Waals surface area contributed by atoms with E-state index in [1.165, 1.54) is 16.0 Å². The molecule has 54 heavy (non-hydrogen) atoms. The lowest BCUT2D eigenvalue weighted by atomic mass is 9.91. The third-order valence-electron chi connectivity index (χ3n) is 7.45. The molecule has 2 amide bonds. The molecule has 0 fully saturated rings. The van der Waals surface area contributed by atoms with E-state index in [4.69, 9.17) is 29.7 Å². The number of benzene rings is 2. The summed E-state index contributed by atoms with van der Waals surface area (Å²) in [5.41, 5.74) is 5.20. The van der Waals surface area contributed by atoms with Crippen LogP contribution in [0.3, 0.4) is 0 Å². The predicted molar refractivity (Wildman–Crippen MR) is 206 cm³/mol. The number of hydrogen-bond acceptors (Lipinski definition) is 9. The number of aromatic amines is 1. The summed E-state index contributed by atoms with van der Waals surface area (Å²) in [7, 11) is 0. The zero-order valence-electron chi connectivity index (χ0n) is 33.7. The van der Waals surface area contributed by atoms with Gasteiger partial charge in [-0.1, -0.05) is 62.4 Å². The Morgan fingerprint density at radius 2 is 1.26 bits per heavy atom. The van der Waals surface area contributed by atoms with E-state index in [9.17, 15) is 14.4 Å². The minimum Gasteiger partial charge on any atom is -0.481 e. The lowest BCUT2D eigenvalue weighted by Crippen LogP contribution is -2.50. The van der Waals surface area contributed by atoms with E-state index >= 15 is 0 Å². The fourth-order valence-corrected chi connectivity index (χ4v) is 5.43. The van der Waals surface area contributed by atoms with Gasteiger partial charge in [0.05, 0.1) is 36.8 Å². The number of ether oxygens (including phenoxy) is 2. The molecule has 5 rings (SSSR count). The number of hydrogen-bond donors (Lipinski definition) is 3. The van der Waals surface area contributed by atoms with Gasteiger partial charge in [-0.3, -0.25) is 24.5 Å². The van der Waals surface area contributed by atoms with E-state index in [0.717, 1.165) is 35.9 Å². The molecule has 13 nitrogen and oxygen atoms in total. The molecule has 2 aliphatic heterocycles. The summed E-state index contributed by atoms with van der Waals surface area (Å²) < 4.78 is 11.0. The number of Topliss-reactive ketones (excluding diaryl/α,β-unsaturated/α-hetero) is 1. The first-order valence-electron chi connectivity index (χ1n) is 18.1. The number of aryl methyl sites for hydroxylation is 1. The Labute approximate surface area is 320 Å². The van der Waals surface area contributed by atoms with Gasteiger partial charge in [0.2, 0.25) is 0 Å². The SMILES string of the molecule is CC.CC(=O)O.CC(C)(C)OC(=O)N1Cc2ccccc2C[C@H]1C(=O)CC#N.CCO.Cc1cc([C@@H]2Cc3ccccc3CN2C(=O)OC(C)(C)C)n[nH]1. The van der Waals surface area contributed by atoms with Crippen LogP contribution < -0.4 is 0 Å². The molecule has 3 N–H and O–H groups in total. The van der Waals surface area contributed by atoms with Gasteiger partial charge in [0.1, 0.15) is 11.2 Å². The van der Waals surface area contributed by atoms with Crippen LogP contribution in [0.25, 0.3) is 0 Å². The van der Waals surface area contributed by atoms with Crippen LogP contribution >= 0.6 is 0 Å². The van der Waals surface area contributed by atoms with E-state index in [0.29, 0.717) is 19.5 Å². The number of ketones is 1. The molecule has 2 atom stereocenters. The largest absolute Gasteiger partial charge is 0.481 e. The van der Waals surface area contributed by atoms with E-state index in [1.54, 1.807) is 32.6 Å². The van der Waals surface area contributed by atoms with Crippen molar-refractivity contribution >= 4 is 23.9 Å². The Morgan fingerprint density at radius 1 is 0.852 bits per heavy atom. The minimum absolute atomic E-state index is 0.107. The van der Waals surface area contributed by atoms with Gasteiger partial charge in [0.15, 0.2) is 5.78 Å². The number of nitriles is 1. The number of fused-ring (bicyclic) bond motifs is 2. The number of aliphatic carboxylic acids is 1. The predicted octanol–water partition coefficient (Wildman–Crippen LogP) is 7.70. The second kappa shape index (κ2) is 22.1. The first-order valence-corrected chi connectivity index (χ1v) is 18.1. The first-order chi connectivity index (χ1) is 25.3. The average molecular weight is 750 g/mol. The maximum atomic E-state index is 12.7. The maximum absolute atomic E-state index is 12.7. The van der Waals surface area contributed by atoms with E-state index < -0.39 is 29.3 Å². The molecule has 0 aliphatic carbocycles. The third-order valence-corrected chi connectivity index (χ3v) is 7.45. The second-order valence-electron chi connectivity index (χ2n) is 14.3. The molecule has 3 aromatic rings. The van der Waals surface area contributed by atoms with E-state index in [2.05, 4.69) is 22.3 Å². The number of aliphatic hydroxyl groups is 1. The van der Waals surface area contributed by atoms with Gasteiger partial charge < -0.3 is 19.7 Å². The minimum atomic E-state index is -0.833. The fourth-order valence-electron chi connectivity index (χ4n) is 5.43. The molecule has 2 aliphatic rings. The monoisotopic (exact) mass is 749 g/mol. The maximum Gasteiger partial charge on any atom is 0.411 e. The summed E-state index contributed by atoms with van der Waals surface area (Å²) in [6.07, 6.45) is 0.165. The third kappa shape index (κ3) is 15.8. The first kappa shape index (κ1) is 46.8. The lowest BCUT2D eigenvalue weighted by Gasteiger charge is -2.37. The molecular formula is C41H59N5O8. The Kier molecular flexibility index (Phi) is 19.2. The van der Waals surface area contributed by atoms with Crippen molar-refractivity contribution in [2.45, 2.75) is 132 Å². The number of carboxylic acid groups (broad SMARTS) is 1. The number of rotatable bonds is 3. The summed E-state index contributed by atoms with van der Waals surface area (Å²) >= 11 is 0. The van der Waals surface area contributed by atoms with Crippen molar-refractivity contribution in [1.29, 1.82) is 5.26 Å². The van der Waals surface area contributed by atoms with Crippen LogP contribution in [0.15, 0.2) is 54.6 Å². The highest BCUT2D eigenvalue weighted by molar-refractivity contribution is 5.89. The Balaban J connectivity index is 0.000000444. The number of aliphatic hydroxyl groups excluding tert-OH is 1. The average Bonchev–Trinajstić information content (AvgIpc) is 3.53.